The third-order valence-corrected chi connectivity index (χ3v) is 8.89. The third kappa shape index (κ3) is 4.12. The molecule has 2 unspecified atom stereocenters. The number of ether oxygens (including phenoxy) is 1. The Bertz CT molecular complexity index is 1000. The molecular weight excluding hydrogens is 414 g/mol. The molecule has 1 N–H and O–H groups in total. The van der Waals surface area contributed by atoms with E-state index in [0.717, 1.165) is 17.9 Å². The Hall–Kier alpha value is -1.92. The van der Waals surface area contributed by atoms with Crippen LogP contribution in [0.25, 0.3) is 0 Å². The molecule has 0 radical (unpaired) electrons. The SMILES string of the molecule is CC(C)Oc1c(NC2C=CC=CC2(Cc2ccccc2)C2SCCCS2)c(=O)c1=O. The van der Waals surface area contributed by atoms with Gasteiger partial charge in [0, 0.05) is 5.41 Å². The second-order valence-corrected chi connectivity index (χ2v) is 10.8. The van der Waals surface area contributed by atoms with Gasteiger partial charge in [-0.2, -0.15) is 0 Å². The van der Waals surface area contributed by atoms with Gasteiger partial charge in [0.2, 0.25) is 0 Å². The second kappa shape index (κ2) is 9.06. The number of rotatable bonds is 7. The largest absolute Gasteiger partial charge is 0.485 e. The quantitative estimate of drug-likeness (QED) is 0.643. The van der Waals surface area contributed by atoms with E-state index in [4.69, 9.17) is 4.74 Å². The van der Waals surface area contributed by atoms with Crippen molar-refractivity contribution in [1.82, 2.24) is 0 Å². The van der Waals surface area contributed by atoms with Crippen LogP contribution in [0.1, 0.15) is 25.8 Å². The molecular formula is C24H27NO3S2. The fourth-order valence-corrected chi connectivity index (χ4v) is 7.54. The van der Waals surface area contributed by atoms with Gasteiger partial charge < -0.3 is 10.1 Å². The van der Waals surface area contributed by atoms with E-state index in [0.29, 0.717) is 10.3 Å². The van der Waals surface area contributed by atoms with E-state index < -0.39 is 10.9 Å². The lowest BCUT2D eigenvalue weighted by Gasteiger charge is -2.46. The van der Waals surface area contributed by atoms with Gasteiger partial charge in [-0.15, -0.1) is 23.5 Å². The van der Waals surface area contributed by atoms with E-state index in [9.17, 15) is 9.59 Å². The van der Waals surface area contributed by atoms with Gasteiger partial charge in [0.1, 0.15) is 5.69 Å². The van der Waals surface area contributed by atoms with Crippen LogP contribution in [0.4, 0.5) is 5.69 Å². The molecule has 1 aliphatic heterocycles. The van der Waals surface area contributed by atoms with Gasteiger partial charge in [-0.05, 0) is 43.8 Å². The average Bonchev–Trinajstić information content (AvgIpc) is 2.78. The minimum atomic E-state index is -0.531. The summed E-state index contributed by atoms with van der Waals surface area (Å²) in [5.41, 5.74) is 0.352. The third-order valence-electron chi connectivity index (χ3n) is 5.54. The molecule has 6 heteroatoms. The van der Waals surface area contributed by atoms with Crippen LogP contribution in [0.15, 0.2) is 64.2 Å². The molecule has 0 spiro atoms. The molecule has 0 bridgehead atoms. The fraction of sp³-hybridized carbons (Fsp3) is 0.417. The van der Waals surface area contributed by atoms with Crippen LogP contribution in [0, 0.1) is 5.41 Å². The van der Waals surface area contributed by atoms with Gasteiger partial charge in [0.05, 0.1) is 16.7 Å². The highest BCUT2D eigenvalue weighted by Crippen LogP contribution is 2.50. The number of anilines is 1. The highest BCUT2D eigenvalue weighted by Gasteiger charge is 2.46. The summed E-state index contributed by atoms with van der Waals surface area (Å²) in [4.78, 5) is 24.5. The Labute approximate surface area is 185 Å². The van der Waals surface area contributed by atoms with Crippen molar-refractivity contribution in [3.63, 3.8) is 0 Å². The molecule has 2 atom stereocenters. The van der Waals surface area contributed by atoms with E-state index in [-0.39, 0.29) is 23.3 Å². The van der Waals surface area contributed by atoms with Crippen molar-refractivity contribution in [3.8, 4) is 5.75 Å². The van der Waals surface area contributed by atoms with Crippen LogP contribution in [0.5, 0.6) is 5.75 Å². The van der Waals surface area contributed by atoms with Gasteiger partial charge in [0.25, 0.3) is 10.9 Å². The topological polar surface area (TPSA) is 55.4 Å². The van der Waals surface area contributed by atoms with Crippen LogP contribution >= 0.6 is 23.5 Å². The highest BCUT2D eigenvalue weighted by molar-refractivity contribution is 8.17. The lowest BCUT2D eigenvalue weighted by molar-refractivity contribution is 0.238. The lowest BCUT2D eigenvalue weighted by Crippen LogP contribution is -2.50. The first-order valence-corrected chi connectivity index (χ1v) is 12.5. The predicted molar refractivity (Wildman–Crippen MR) is 129 cm³/mol. The highest BCUT2D eigenvalue weighted by atomic mass is 32.2. The first kappa shape index (κ1) is 21.3. The maximum absolute atomic E-state index is 12.4. The van der Waals surface area contributed by atoms with Crippen LogP contribution in [0.3, 0.4) is 0 Å². The zero-order chi connectivity index (χ0) is 21.1. The molecule has 2 aromatic carbocycles. The predicted octanol–water partition coefficient (Wildman–Crippen LogP) is 4.40. The van der Waals surface area contributed by atoms with Crippen LogP contribution < -0.4 is 20.9 Å². The van der Waals surface area contributed by atoms with E-state index >= 15 is 0 Å². The normalized spacial score (nSPS) is 24.4. The van der Waals surface area contributed by atoms with Crippen molar-refractivity contribution >= 4 is 29.2 Å². The molecule has 1 aliphatic carbocycles. The minimum Gasteiger partial charge on any atom is -0.485 e. The van der Waals surface area contributed by atoms with Crippen molar-refractivity contribution in [3.05, 3.63) is 80.6 Å². The zero-order valence-electron chi connectivity index (χ0n) is 17.3. The molecule has 2 aliphatic rings. The Balaban J connectivity index is 1.70. The van der Waals surface area contributed by atoms with Crippen LogP contribution in [-0.4, -0.2) is 28.2 Å². The number of allylic oxidation sites excluding steroid dienone is 2. The number of hydrogen-bond donors (Lipinski definition) is 1. The molecule has 0 saturated carbocycles. The second-order valence-electron chi connectivity index (χ2n) is 8.10. The molecule has 1 heterocycles. The van der Waals surface area contributed by atoms with E-state index in [1.54, 1.807) is 0 Å². The van der Waals surface area contributed by atoms with Crippen molar-refractivity contribution in [2.24, 2.45) is 5.41 Å². The maximum Gasteiger partial charge on any atom is 0.272 e. The number of hydrogen-bond acceptors (Lipinski definition) is 6. The summed E-state index contributed by atoms with van der Waals surface area (Å²) in [5, 5.41) is 3.42. The van der Waals surface area contributed by atoms with Crippen molar-refractivity contribution < 1.29 is 4.74 Å². The molecule has 0 amide bonds. The standard InChI is InChI=1S/C24H27NO3S2/c1-16(2)28-22-19(20(26)21(22)27)25-18-11-6-7-12-24(18,23-29-13-8-14-30-23)15-17-9-4-3-5-10-17/h3-7,9-12,16,18,23,25H,8,13-15H2,1-2H3. The molecule has 4 nitrogen and oxygen atoms in total. The van der Waals surface area contributed by atoms with Crippen molar-refractivity contribution in [2.45, 2.75) is 43.4 Å². The summed E-state index contributed by atoms with van der Waals surface area (Å²) in [5.74, 6) is 2.45. The first-order valence-electron chi connectivity index (χ1n) is 10.4. The van der Waals surface area contributed by atoms with Crippen molar-refractivity contribution in [2.75, 3.05) is 16.8 Å². The Morgan fingerprint density at radius 1 is 1.10 bits per heavy atom. The molecule has 158 valence electrons. The van der Waals surface area contributed by atoms with Gasteiger partial charge in [0.15, 0.2) is 5.75 Å². The van der Waals surface area contributed by atoms with Gasteiger partial charge in [-0.25, -0.2) is 0 Å². The van der Waals surface area contributed by atoms with E-state index in [1.165, 1.54) is 12.0 Å². The maximum atomic E-state index is 12.4. The van der Waals surface area contributed by atoms with Gasteiger partial charge >= 0.3 is 0 Å². The number of thioether (sulfide) groups is 2. The summed E-state index contributed by atoms with van der Waals surface area (Å²) in [6, 6.07) is 10.4. The number of nitrogens with one attached hydrogen (secondary N) is 1. The van der Waals surface area contributed by atoms with Gasteiger partial charge in [-0.3, -0.25) is 9.59 Å². The average molecular weight is 442 g/mol. The lowest BCUT2D eigenvalue weighted by atomic mass is 9.74. The molecule has 1 fully saturated rings. The first-order chi connectivity index (χ1) is 14.5. The fourth-order valence-electron chi connectivity index (χ4n) is 4.11. The monoisotopic (exact) mass is 441 g/mol. The van der Waals surface area contributed by atoms with E-state index in [1.807, 2.05) is 49.5 Å². The summed E-state index contributed by atoms with van der Waals surface area (Å²) in [7, 11) is 0. The molecule has 30 heavy (non-hydrogen) atoms. The van der Waals surface area contributed by atoms with Crippen molar-refractivity contribution in [1.29, 1.82) is 0 Å². The number of benzene rings is 1. The van der Waals surface area contributed by atoms with E-state index in [2.05, 4.69) is 47.8 Å². The Morgan fingerprint density at radius 2 is 1.83 bits per heavy atom. The summed E-state index contributed by atoms with van der Waals surface area (Å²) < 4.78 is 6.00. The smallest absolute Gasteiger partial charge is 0.272 e. The summed E-state index contributed by atoms with van der Waals surface area (Å²) in [6.45, 7) is 3.72. The Kier molecular flexibility index (Phi) is 6.44. The van der Waals surface area contributed by atoms with Gasteiger partial charge in [-0.1, -0.05) is 54.6 Å². The van der Waals surface area contributed by atoms with Crippen LogP contribution in [0.2, 0.25) is 0 Å². The summed E-state index contributed by atoms with van der Waals surface area (Å²) in [6.07, 6.45) is 10.5. The molecule has 4 rings (SSSR count). The zero-order valence-corrected chi connectivity index (χ0v) is 18.9. The minimum absolute atomic E-state index is 0.108. The summed E-state index contributed by atoms with van der Waals surface area (Å²) >= 11 is 3.99. The molecule has 2 aromatic rings. The Morgan fingerprint density at radius 3 is 2.53 bits per heavy atom. The molecule has 0 aromatic heterocycles. The molecule has 1 saturated heterocycles. The van der Waals surface area contributed by atoms with Crippen LogP contribution in [-0.2, 0) is 6.42 Å².